The van der Waals surface area contributed by atoms with E-state index in [1.807, 2.05) is 41.1 Å². The minimum Gasteiger partial charge on any atom is -0.475 e. The van der Waals surface area contributed by atoms with Crippen LogP contribution in [0.25, 0.3) is 22.5 Å². The van der Waals surface area contributed by atoms with Gasteiger partial charge < -0.3 is 15.0 Å². The summed E-state index contributed by atoms with van der Waals surface area (Å²) in [6.07, 6.45) is 6.34. The number of amides is 1. The van der Waals surface area contributed by atoms with Gasteiger partial charge in [-0.3, -0.25) is 9.78 Å². The lowest BCUT2D eigenvalue weighted by molar-refractivity contribution is -0.192. The molecule has 12 heteroatoms. The van der Waals surface area contributed by atoms with Crippen molar-refractivity contribution in [3.63, 3.8) is 0 Å². The maximum atomic E-state index is 13.0. The van der Waals surface area contributed by atoms with Crippen molar-refractivity contribution >= 4 is 29.2 Å². The summed E-state index contributed by atoms with van der Waals surface area (Å²) in [7, 11) is 0. The molecule has 0 radical (unpaired) electrons. The van der Waals surface area contributed by atoms with Crippen molar-refractivity contribution in [1.29, 1.82) is 0 Å². The first-order valence-corrected chi connectivity index (χ1v) is 11.8. The summed E-state index contributed by atoms with van der Waals surface area (Å²) in [6, 6.07) is 12.8. The molecule has 1 saturated carbocycles. The first-order chi connectivity index (χ1) is 18.1. The Balaban J connectivity index is 0.000000426. The predicted molar refractivity (Wildman–Crippen MR) is 135 cm³/mol. The quantitative estimate of drug-likeness (QED) is 0.311. The molecule has 0 atom stereocenters. The van der Waals surface area contributed by atoms with Gasteiger partial charge in [-0.2, -0.15) is 13.2 Å². The van der Waals surface area contributed by atoms with Crippen molar-refractivity contribution in [2.75, 3.05) is 5.32 Å². The Hall–Kier alpha value is -4.25. The molecule has 1 aromatic carbocycles. The number of nitrogens with zero attached hydrogens (tertiary/aromatic N) is 4. The maximum Gasteiger partial charge on any atom is 0.490 e. The summed E-state index contributed by atoms with van der Waals surface area (Å²) in [5, 5.41) is 10.7. The van der Waals surface area contributed by atoms with Gasteiger partial charge in [0.05, 0.1) is 0 Å². The molecule has 0 saturated heterocycles. The van der Waals surface area contributed by atoms with E-state index in [4.69, 9.17) is 21.5 Å². The molecule has 3 aromatic heterocycles. The minimum atomic E-state index is -5.08. The molecule has 5 rings (SSSR count). The summed E-state index contributed by atoms with van der Waals surface area (Å²) < 4.78 is 33.8. The van der Waals surface area contributed by atoms with Gasteiger partial charge in [0, 0.05) is 64.9 Å². The molecule has 196 valence electrons. The highest BCUT2D eigenvalue weighted by Crippen LogP contribution is 2.33. The van der Waals surface area contributed by atoms with E-state index in [9.17, 15) is 18.0 Å². The summed E-state index contributed by atoms with van der Waals surface area (Å²) in [4.78, 5) is 35.0. The second kappa shape index (κ2) is 11.4. The third-order valence-corrected chi connectivity index (χ3v) is 5.75. The number of alkyl halides is 3. The SMILES string of the molecule is O=C(Nc1cccc(Cl)c1)c1cc(-c2cnc(-c3cccnc3)nc2)cn1CC1CC1.O=C(O)C(F)(F)F. The zero-order valence-corrected chi connectivity index (χ0v) is 20.4. The second-order valence-electron chi connectivity index (χ2n) is 8.51. The third kappa shape index (κ3) is 7.16. The maximum absolute atomic E-state index is 13.0. The molecular weight excluding hydrogens is 523 g/mol. The van der Waals surface area contributed by atoms with Crippen LogP contribution in [0.2, 0.25) is 5.02 Å². The number of carbonyl (C=O) groups is 2. The Morgan fingerprint density at radius 1 is 1.03 bits per heavy atom. The molecular formula is C26H21ClF3N5O3. The number of carboxylic acid groups (broad SMARTS) is 1. The van der Waals surface area contributed by atoms with E-state index < -0.39 is 12.1 Å². The van der Waals surface area contributed by atoms with Gasteiger partial charge in [-0.25, -0.2) is 14.8 Å². The monoisotopic (exact) mass is 543 g/mol. The van der Waals surface area contributed by atoms with Crippen LogP contribution in [0.5, 0.6) is 0 Å². The van der Waals surface area contributed by atoms with Crippen LogP contribution >= 0.6 is 11.6 Å². The Bertz CT molecular complexity index is 1420. The van der Waals surface area contributed by atoms with Crippen LogP contribution in [-0.2, 0) is 11.3 Å². The fraction of sp³-hybridized carbons (Fsp3) is 0.192. The Morgan fingerprint density at radius 3 is 2.32 bits per heavy atom. The lowest BCUT2D eigenvalue weighted by Crippen LogP contribution is -2.21. The van der Waals surface area contributed by atoms with Crippen molar-refractivity contribution in [3.8, 4) is 22.5 Å². The molecule has 0 unspecified atom stereocenters. The molecule has 38 heavy (non-hydrogen) atoms. The molecule has 4 aromatic rings. The molecule has 0 aliphatic heterocycles. The average molecular weight is 544 g/mol. The summed E-state index contributed by atoms with van der Waals surface area (Å²) in [5.74, 6) is -1.68. The highest BCUT2D eigenvalue weighted by atomic mass is 35.5. The van der Waals surface area contributed by atoms with Gasteiger partial charge in [0.2, 0.25) is 0 Å². The van der Waals surface area contributed by atoms with Gasteiger partial charge in [-0.15, -0.1) is 0 Å². The lowest BCUT2D eigenvalue weighted by atomic mass is 10.1. The third-order valence-electron chi connectivity index (χ3n) is 5.51. The smallest absolute Gasteiger partial charge is 0.475 e. The van der Waals surface area contributed by atoms with Crippen molar-refractivity contribution in [3.05, 3.63) is 84.2 Å². The zero-order valence-electron chi connectivity index (χ0n) is 19.7. The van der Waals surface area contributed by atoms with Crippen LogP contribution in [0.3, 0.4) is 0 Å². The van der Waals surface area contributed by atoms with Crippen LogP contribution in [0.15, 0.2) is 73.4 Å². The van der Waals surface area contributed by atoms with E-state index >= 15 is 0 Å². The molecule has 1 fully saturated rings. The second-order valence-corrected chi connectivity index (χ2v) is 8.95. The Kier molecular flexibility index (Phi) is 8.06. The Labute approximate surface area is 220 Å². The lowest BCUT2D eigenvalue weighted by Gasteiger charge is -2.09. The summed E-state index contributed by atoms with van der Waals surface area (Å²) in [6.45, 7) is 0.826. The molecule has 2 N–H and O–H groups in total. The van der Waals surface area contributed by atoms with Gasteiger partial charge in [0.25, 0.3) is 5.91 Å². The van der Waals surface area contributed by atoms with Crippen LogP contribution in [0.1, 0.15) is 23.3 Å². The average Bonchev–Trinajstić information content (AvgIpc) is 3.60. The highest BCUT2D eigenvalue weighted by molar-refractivity contribution is 6.31. The molecule has 1 aliphatic carbocycles. The number of carboxylic acids is 1. The largest absolute Gasteiger partial charge is 0.490 e. The van der Waals surface area contributed by atoms with Crippen molar-refractivity contribution in [1.82, 2.24) is 19.5 Å². The molecule has 3 heterocycles. The highest BCUT2D eigenvalue weighted by Gasteiger charge is 2.38. The van der Waals surface area contributed by atoms with E-state index in [0.29, 0.717) is 28.1 Å². The number of anilines is 1. The fourth-order valence-electron chi connectivity index (χ4n) is 3.47. The van der Waals surface area contributed by atoms with Crippen molar-refractivity contribution in [2.24, 2.45) is 5.92 Å². The number of hydrogen-bond donors (Lipinski definition) is 2. The summed E-state index contributed by atoms with van der Waals surface area (Å²) >= 11 is 6.05. The van der Waals surface area contributed by atoms with Gasteiger partial charge in [0.1, 0.15) is 5.69 Å². The van der Waals surface area contributed by atoms with Crippen LogP contribution < -0.4 is 5.32 Å². The van der Waals surface area contributed by atoms with Crippen LogP contribution in [0.4, 0.5) is 18.9 Å². The molecule has 8 nitrogen and oxygen atoms in total. The first kappa shape index (κ1) is 26.8. The van der Waals surface area contributed by atoms with Crippen molar-refractivity contribution in [2.45, 2.75) is 25.6 Å². The first-order valence-electron chi connectivity index (χ1n) is 11.4. The van der Waals surface area contributed by atoms with Gasteiger partial charge >= 0.3 is 12.1 Å². The number of rotatable bonds is 6. The van der Waals surface area contributed by atoms with E-state index in [1.54, 1.807) is 36.9 Å². The number of carbonyl (C=O) groups excluding carboxylic acids is 1. The van der Waals surface area contributed by atoms with Gasteiger partial charge in [-0.05, 0) is 55.2 Å². The normalized spacial score (nSPS) is 12.8. The topological polar surface area (TPSA) is 110 Å². The predicted octanol–water partition coefficient (Wildman–Crippen LogP) is 5.96. The summed E-state index contributed by atoms with van der Waals surface area (Å²) in [5.41, 5.74) is 3.91. The van der Waals surface area contributed by atoms with Crippen LogP contribution in [0, 0.1) is 5.92 Å². The number of aliphatic carboxylic acids is 1. The molecule has 0 bridgehead atoms. The van der Waals surface area contributed by atoms with E-state index in [1.165, 1.54) is 12.8 Å². The molecule has 1 aliphatic rings. The number of benzene rings is 1. The van der Waals surface area contributed by atoms with E-state index in [2.05, 4.69) is 20.3 Å². The van der Waals surface area contributed by atoms with Gasteiger partial charge in [-0.1, -0.05) is 17.7 Å². The number of aromatic nitrogens is 4. The standard InChI is InChI=1S/C24H20ClN5O.C2HF3O2/c25-20-4-1-5-21(10-20)29-24(31)22-9-18(15-30(22)14-16-6-7-16)19-12-27-23(28-13-19)17-3-2-8-26-11-17;3-2(4,5)1(6)7/h1-5,8-13,15-16H,6-7,14H2,(H,29,31);(H,6,7). The number of hydrogen-bond acceptors (Lipinski definition) is 5. The van der Waals surface area contributed by atoms with Crippen LogP contribution in [-0.4, -0.2) is 42.7 Å². The van der Waals surface area contributed by atoms with E-state index in [0.717, 1.165) is 23.2 Å². The number of pyridine rings is 1. The minimum absolute atomic E-state index is 0.165. The van der Waals surface area contributed by atoms with Gasteiger partial charge in [0.15, 0.2) is 5.82 Å². The number of halogens is 4. The van der Waals surface area contributed by atoms with E-state index in [-0.39, 0.29) is 5.91 Å². The molecule has 0 spiro atoms. The Morgan fingerprint density at radius 2 is 1.74 bits per heavy atom. The molecule has 1 amide bonds. The zero-order chi connectivity index (χ0) is 27.3. The number of nitrogens with one attached hydrogen (secondary N) is 1. The van der Waals surface area contributed by atoms with Crippen molar-refractivity contribution < 1.29 is 27.9 Å². The fourth-order valence-corrected chi connectivity index (χ4v) is 3.66.